The van der Waals surface area contributed by atoms with Gasteiger partial charge in [0.2, 0.25) is 10.0 Å². The van der Waals surface area contributed by atoms with Crippen LogP contribution in [0.1, 0.15) is 94.6 Å². The number of amides is 1. The van der Waals surface area contributed by atoms with Crippen molar-refractivity contribution in [3.8, 4) is 0 Å². The fourth-order valence-corrected chi connectivity index (χ4v) is 7.87. The molecule has 0 spiro atoms. The second kappa shape index (κ2) is 13.5. The molecule has 9 nitrogen and oxygen atoms in total. The lowest BCUT2D eigenvalue weighted by Gasteiger charge is -2.39. The molecular weight excluding hydrogens is 536 g/mol. The number of piperidine rings is 2. The van der Waals surface area contributed by atoms with Crippen LogP contribution in [0.15, 0.2) is 24.3 Å². The molecule has 228 valence electrons. The van der Waals surface area contributed by atoms with Crippen molar-refractivity contribution in [2.75, 3.05) is 39.0 Å². The van der Waals surface area contributed by atoms with Crippen LogP contribution in [-0.4, -0.2) is 91.0 Å². The number of likely N-dealkylation sites (tertiary alicyclic amines) is 1. The third kappa shape index (κ3) is 7.89. The van der Waals surface area contributed by atoms with Crippen molar-refractivity contribution in [1.82, 2.24) is 29.6 Å². The van der Waals surface area contributed by atoms with E-state index in [1.54, 1.807) is 0 Å². The Morgan fingerprint density at radius 1 is 0.976 bits per heavy atom. The average molecular weight is 587 g/mol. The van der Waals surface area contributed by atoms with Crippen LogP contribution in [0.2, 0.25) is 0 Å². The van der Waals surface area contributed by atoms with Gasteiger partial charge in [0.1, 0.15) is 0 Å². The van der Waals surface area contributed by atoms with Crippen molar-refractivity contribution in [1.29, 1.82) is 0 Å². The molecule has 3 aliphatic heterocycles. The van der Waals surface area contributed by atoms with Gasteiger partial charge in [-0.3, -0.25) is 14.4 Å². The van der Waals surface area contributed by atoms with Gasteiger partial charge in [-0.1, -0.05) is 31.0 Å². The Balaban J connectivity index is 0.993. The van der Waals surface area contributed by atoms with Gasteiger partial charge >= 0.3 is 0 Å². The third-order valence-corrected chi connectivity index (χ3v) is 10.2. The third-order valence-electron chi connectivity index (χ3n) is 9.52. The van der Waals surface area contributed by atoms with Crippen LogP contribution >= 0.6 is 0 Å². The van der Waals surface area contributed by atoms with E-state index < -0.39 is 10.0 Å². The van der Waals surface area contributed by atoms with Crippen molar-refractivity contribution < 1.29 is 13.2 Å². The Morgan fingerprint density at radius 3 is 2.29 bits per heavy atom. The van der Waals surface area contributed by atoms with E-state index in [1.807, 2.05) is 28.9 Å². The fraction of sp³-hybridized carbons (Fsp3) is 0.742. The Hall–Kier alpha value is -2.01. The number of hydrogen-bond acceptors (Lipinski definition) is 6. The zero-order valence-electron chi connectivity index (χ0n) is 25.2. The summed E-state index contributed by atoms with van der Waals surface area (Å²) in [7, 11) is -3.08. The summed E-state index contributed by atoms with van der Waals surface area (Å²) < 4.78 is 27.3. The first kappa shape index (κ1) is 30.4. The van der Waals surface area contributed by atoms with E-state index in [4.69, 9.17) is 5.10 Å². The van der Waals surface area contributed by atoms with Crippen LogP contribution in [0.4, 0.5) is 0 Å². The molecule has 10 heteroatoms. The predicted octanol–water partition coefficient (Wildman–Crippen LogP) is 4.16. The monoisotopic (exact) mass is 586 g/mol. The number of aromatic nitrogens is 2. The molecule has 3 atom stereocenters. The lowest BCUT2D eigenvalue weighted by molar-refractivity contribution is 0.0837. The number of rotatable bonds is 13. The topological polar surface area (TPSA) is 99.6 Å². The predicted molar refractivity (Wildman–Crippen MR) is 165 cm³/mol. The molecule has 1 aromatic carbocycles. The second-order valence-electron chi connectivity index (χ2n) is 13.0. The Morgan fingerprint density at radius 2 is 1.63 bits per heavy atom. The molecule has 2 N–H and O–H groups in total. The molecule has 4 heterocycles. The average Bonchev–Trinajstić information content (AvgIpc) is 3.44. The summed E-state index contributed by atoms with van der Waals surface area (Å²) in [6, 6.07) is 9.65. The molecule has 5 rings (SSSR count). The van der Waals surface area contributed by atoms with Gasteiger partial charge in [0.25, 0.3) is 5.91 Å². The van der Waals surface area contributed by atoms with Gasteiger partial charge < -0.3 is 10.2 Å². The molecule has 3 aliphatic rings. The van der Waals surface area contributed by atoms with E-state index in [0.29, 0.717) is 30.2 Å². The Kier molecular flexibility index (Phi) is 10.0. The quantitative estimate of drug-likeness (QED) is 0.342. The minimum Gasteiger partial charge on any atom is -0.348 e. The number of nitrogens with one attached hydrogen (secondary N) is 2. The number of fused-ring (bicyclic) bond motifs is 3. The van der Waals surface area contributed by atoms with Crippen molar-refractivity contribution in [3.63, 3.8) is 0 Å². The highest BCUT2D eigenvalue weighted by Gasteiger charge is 2.40. The molecule has 0 saturated carbocycles. The van der Waals surface area contributed by atoms with Crippen LogP contribution in [0.5, 0.6) is 0 Å². The number of unbranched alkanes of at least 4 members (excludes halogenated alkanes) is 3. The summed E-state index contributed by atoms with van der Waals surface area (Å²) in [5.41, 5.74) is 1.57. The van der Waals surface area contributed by atoms with Crippen molar-refractivity contribution in [2.24, 2.45) is 5.92 Å². The minimum atomic E-state index is -3.08. The lowest BCUT2D eigenvalue weighted by atomic mass is 9.96. The largest absolute Gasteiger partial charge is 0.348 e. The van der Waals surface area contributed by atoms with Crippen LogP contribution in [-0.2, 0) is 10.0 Å². The molecule has 1 amide bonds. The SMILES string of the molecule is CC(C)n1nc(C(=O)NC2C[C@H]3CC[C@@H](C2)N3CCCCCCN2CCC(CNS(C)(=O)=O)CC2)c2ccccc21. The number of hydrogen-bond donors (Lipinski definition) is 2. The molecule has 1 aromatic heterocycles. The molecule has 41 heavy (non-hydrogen) atoms. The van der Waals surface area contributed by atoms with E-state index >= 15 is 0 Å². The van der Waals surface area contributed by atoms with E-state index in [2.05, 4.69) is 33.7 Å². The van der Waals surface area contributed by atoms with Gasteiger partial charge in [-0.05, 0) is 103 Å². The van der Waals surface area contributed by atoms with E-state index in [1.165, 1.54) is 51.3 Å². The first-order chi connectivity index (χ1) is 19.7. The zero-order chi connectivity index (χ0) is 29.0. The fourth-order valence-electron chi connectivity index (χ4n) is 7.33. The molecule has 3 fully saturated rings. The maximum absolute atomic E-state index is 13.3. The summed E-state index contributed by atoms with van der Waals surface area (Å²) in [6.07, 6.45) is 13.0. The van der Waals surface area contributed by atoms with Gasteiger partial charge in [-0.15, -0.1) is 0 Å². The van der Waals surface area contributed by atoms with Crippen molar-refractivity contribution in [3.05, 3.63) is 30.0 Å². The molecule has 3 saturated heterocycles. The molecule has 1 unspecified atom stereocenters. The summed E-state index contributed by atoms with van der Waals surface area (Å²) in [5.74, 6) is 0.436. The van der Waals surface area contributed by atoms with Crippen molar-refractivity contribution >= 4 is 26.8 Å². The standard InChI is InChI=1S/C31H50N6O3S/c1-23(2)37-29-11-7-6-10-28(29)30(34-37)31(38)33-25-20-26-12-13-27(21-25)36(26)17-9-5-4-8-16-35-18-14-24(15-19-35)22-32-41(3,39)40/h6-7,10-11,23-27,32H,4-5,8-9,12-22H2,1-3H3,(H,33,38)/t25?,26-,27+. The van der Waals surface area contributed by atoms with Gasteiger partial charge in [0, 0.05) is 36.1 Å². The van der Waals surface area contributed by atoms with Crippen LogP contribution in [0.25, 0.3) is 10.9 Å². The van der Waals surface area contributed by atoms with Gasteiger partial charge in [0.15, 0.2) is 5.69 Å². The molecule has 0 radical (unpaired) electrons. The molecule has 2 bridgehead atoms. The maximum atomic E-state index is 13.3. The minimum absolute atomic E-state index is 0.0340. The highest BCUT2D eigenvalue weighted by Crippen LogP contribution is 2.36. The first-order valence-electron chi connectivity index (χ1n) is 15.9. The van der Waals surface area contributed by atoms with Gasteiger partial charge in [0.05, 0.1) is 11.8 Å². The van der Waals surface area contributed by atoms with E-state index in [9.17, 15) is 13.2 Å². The van der Waals surface area contributed by atoms with Gasteiger partial charge in [-0.25, -0.2) is 13.1 Å². The number of sulfonamides is 1. The highest BCUT2D eigenvalue weighted by atomic mass is 32.2. The summed E-state index contributed by atoms with van der Waals surface area (Å²) in [6.45, 7) is 9.29. The van der Waals surface area contributed by atoms with Crippen LogP contribution < -0.4 is 10.0 Å². The Bertz CT molecular complexity index is 1260. The lowest BCUT2D eigenvalue weighted by Crippen LogP contribution is -2.50. The van der Waals surface area contributed by atoms with E-state index in [0.717, 1.165) is 56.2 Å². The maximum Gasteiger partial charge on any atom is 0.272 e. The zero-order valence-corrected chi connectivity index (χ0v) is 26.0. The number of nitrogens with zero attached hydrogens (tertiary/aromatic N) is 4. The summed E-state index contributed by atoms with van der Waals surface area (Å²) in [4.78, 5) is 18.6. The van der Waals surface area contributed by atoms with Gasteiger partial charge in [-0.2, -0.15) is 5.10 Å². The normalized spacial score (nSPS) is 24.4. The van der Waals surface area contributed by atoms with Crippen LogP contribution in [0.3, 0.4) is 0 Å². The first-order valence-corrected chi connectivity index (χ1v) is 17.8. The molecule has 2 aromatic rings. The second-order valence-corrected chi connectivity index (χ2v) is 14.8. The number of carbonyl (C=O) groups is 1. The van der Waals surface area contributed by atoms with E-state index in [-0.39, 0.29) is 18.0 Å². The smallest absolute Gasteiger partial charge is 0.272 e. The van der Waals surface area contributed by atoms with Crippen LogP contribution in [0, 0.1) is 5.92 Å². The molecule has 0 aliphatic carbocycles. The van der Waals surface area contributed by atoms with Crippen molar-refractivity contribution in [2.45, 2.75) is 102 Å². The number of carbonyl (C=O) groups excluding carboxylic acids is 1. The summed E-state index contributed by atoms with van der Waals surface area (Å²) in [5, 5.41) is 9.00. The Labute approximate surface area is 246 Å². The number of para-hydroxylation sites is 1. The molecular formula is C31H50N6O3S. The summed E-state index contributed by atoms with van der Waals surface area (Å²) >= 11 is 0. The highest BCUT2D eigenvalue weighted by molar-refractivity contribution is 7.88. The number of benzene rings is 1.